The zero-order valence-corrected chi connectivity index (χ0v) is 31.2. The second-order valence-corrected chi connectivity index (χ2v) is 16.7. The molecule has 1 atom stereocenters. The number of nitrogens with zero attached hydrogens (tertiary/aromatic N) is 7. The smallest absolute Gasteiger partial charge is 0.410 e. The van der Waals surface area contributed by atoms with Crippen molar-refractivity contribution in [2.24, 2.45) is 7.05 Å². The van der Waals surface area contributed by atoms with Crippen molar-refractivity contribution in [1.29, 1.82) is 0 Å². The number of urea groups is 1. The molecule has 0 saturated carbocycles. The second kappa shape index (κ2) is 15.0. The van der Waals surface area contributed by atoms with Gasteiger partial charge in [0, 0.05) is 95.5 Å². The van der Waals surface area contributed by atoms with Gasteiger partial charge in [-0.05, 0) is 67.9 Å². The number of anilines is 1. The molecule has 0 spiro atoms. The van der Waals surface area contributed by atoms with Crippen LogP contribution in [0.1, 0.15) is 42.4 Å². The van der Waals surface area contributed by atoms with Crippen LogP contribution >= 0.6 is 0 Å². The molecule has 1 aromatic heterocycles. The third kappa shape index (κ3) is 7.76. The maximum absolute atomic E-state index is 14.2. The van der Waals surface area contributed by atoms with E-state index in [2.05, 4.69) is 15.3 Å². The third-order valence-corrected chi connectivity index (χ3v) is 12.7. The fourth-order valence-electron chi connectivity index (χ4n) is 8.49. The molecule has 2 aromatic carbocycles. The molecule has 0 aliphatic carbocycles. The van der Waals surface area contributed by atoms with Crippen molar-refractivity contribution in [2.45, 2.75) is 63.6 Å². The molecular weight excluding hydrogens is 685 g/mol. The maximum atomic E-state index is 14.2. The molecule has 4 aliphatic rings. The van der Waals surface area contributed by atoms with Crippen LogP contribution in [0.25, 0.3) is 10.9 Å². The van der Waals surface area contributed by atoms with E-state index in [-0.39, 0.29) is 30.4 Å². The lowest BCUT2D eigenvalue weighted by Crippen LogP contribution is -2.55. The van der Waals surface area contributed by atoms with E-state index in [0.29, 0.717) is 71.7 Å². The molecule has 1 N–H and O–H groups in total. The molecule has 0 unspecified atom stereocenters. The number of piperidine rings is 2. The number of carbonyl (C=O) groups excluding carboxylic acids is 3. The number of fused-ring (bicyclic) bond motifs is 2. The van der Waals surface area contributed by atoms with Gasteiger partial charge in [-0.2, -0.15) is 9.40 Å². The number of likely N-dealkylation sites (tertiary alicyclic amines) is 2. The number of amides is 4. The summed E-state index contributed by atoms with van der Waals surface area (Å²) in [5, 5.41) is 8.42. The van der Waals surface area contributed by atoms with Gasteiger partial charge < -0.3 is 24.8 Å². The van der Waals surface area contributed by atoms with Gasteiger partial charge in [0.2, 0.25) is 10.0 Å². The third-order valence-electron chi connectivity index (χ3n) is 11.4. The molecule has 7 rings (SSSR count). The van der Waals surface area contributed by atoms with Crippen LogP contribution in [0.5, 0.6) is 0 Å². The van der Waals surface area contributed by atoms with Crippen LogP contribution < -0.4 is 5.32 Å². The van der Waals surface area contributed by atoms with Crippen LogP contribution in [0.15, 0.2) is 42.6 Å². The normalized spacial score (nSPS) is 20.8. The van der Waals surface area contributed by atoms with Crippen molar-refractivity contribution < 1.29 is 27.5 Å². The molecule has 0 radical (unpaired) electrons. The summed E-state index contributed by atoms with van der Waals surface area (Å²) in [6.45, 7) is 6.88. The van der Waals surface area contributed by atoms with Gasteiger partial charge in [-0.15, -0.1) is 0 Å². The number of ether oxygens (including phenoxy) is 1. The first-order chi connectivity index (χ1) is 24.9. The van der Waals surface area contributed by atoms with Gasteiger partial charge in [0.25, 0.3) is 5.91 Å². The van der Waals surface area contributed by atoms with Crippen LogP contribution in [0, 0.1) is 6.92 Å². The molecule has 14 nitrogen and oxygen atoms in total. The Morgan fingerprint density at radius 1 is 0.923 bits per heavy atom. The quantitative estimate of drug-likeness (QED) is 0.391. The highest BCUT2D eigenvalue weighted by molar-refractivity contribution is 7.88. The van der Waals surface area contributed by atoms with Crippen LogP contribution in [0.2, 0.25) is 0 Å². The fourth-order valence-corrected chi connectivity index (χ4v) is 9.32. The Morgan fingerprint density at radius 2 is 1.60 bits per heavy atom. The summed E-state index contributed by atoms with van der Waals surface area (Å²) in [7, 11) is -1.30. The van der Waals surface area contributed by atoms with Crippen LogP contribution in [0.3, 0.4) is 0 Å². The van der Waals surface area contributed by atoms with Crippen molar-refractivity contribution in [3.8, 4) is 0 Å². The van der Waals surface area contributed by atoms with E-state index in [0.717, 1.165) is 52.5 Å². The number of hydrogen-bond donors (Lipinski definition) is 1. The summed E-state index contributed by atoms with van der Waals surface area (Å²) in [4.78, 5) is 48.8. The molecule has 280 valence electrons. The van der Waals surface area contributed by atoms with Gasteiger partial charge >= 0.3 is 12.1 Å². The number of rotatable bonds is 7. The lowest BCUT2D eigenvalue weighted by Gasteiger charge is -2.42. The molecular formula is C37H50N8O6S. The Hall–Kier alpha value is -4.21. The predicted molar refractivity (Wildman–Crippen MR) is 197 cm³/mol. The molecule has 3 saturated heterocycles. The number of hydrogen-bond acceptors (Lipinski definition) is 8. The van der Waals surface area contributed by atoms with Crippen molar-refractivity contribution in [2.75, 3.05) is 70.5 Å². The minimum absolute atomic E-state index is 0.000577. The van der Waals surface area contributed by atoms with Gasteiger partial charge in [-0.3, -0.25) is 14.4 Å². The largest absolute Gasteiger partial charge is 0.436 e. The van der Waals surface area contributed by atoms with E-state index in [9.17, 15) is 22.8 Å². The molecule has 3 aromatic rings. The number of aryl methyl sites for hydroxylation is 2. The average Bonchev–Trinajstić information content (AvgIpc) is 3.43. The number of carbonyl (C=O) groups is 3. The standard InChI is InChI=1S/C37H50N8O6S/c1-26-22-27(23-29-25-38-40(2)34(26)29)24-33(35(46)42-13-9-30(10-14-42)41-18-20-44(21-19-41)52(3,49)50)51-37(48)43-15-11-31(12-16-43)45-17-8-28-6-4-5-7-32(28)39-36(45)47/h4-7,22-23,25,30-31,33H,8-21,24H2,1-3H3,(H,39,47)/t33-/m1/s1. The zero-order chi connectivity index (χ0) is 36.6. The van der Waals surface area contributed by atoms with Gasteiger partial charge in [-0.25, -0.2) is 18.0 Å². The van der Waals surface area contributed by atoms with E-state index >= 15 is 0 Å². The predicted octanol–water partition coefficient (Wildman–Crippen LogP) is 3.05. The number of para-hydroxylation sites is 1. The Kier molecular flexibility index (Phi) is 10.5. The van der Waals surface area contributed by atoms with Crippen molar-refractivity contribution in [3.63, 3.8) is 0 Å². The van der Waals surface area contributed by atoms with E-state index < -0.39 is 22.2 Å². The van der Waals surface area contributed by atoms with Crippen molar-refractivity contribution >= 4 is 44.6 Å². The summed E-state index contributed by atoms with van der Waals surface area (Å²) in [5.41, 5.74) is 4.91. The lowest BCUT2D eigenvalue weighted by molar-refractivity contribution is -0.142. The summed E-state index contributed by atoms with van der Waals surface area (Å²) in [6.07, 6.45) is 5.36. The molecule has 15 heteroatoms. The van der Waals surface area contributed by atoms with Gasteiger partial charge in [-0.1, -0.05) is 24.3 Å². The molecule has 3 fully saturated rings. The average molecular weight is 735 g/mol. The second-order valence-electron chi connectivity index (χ2n) is 14.7. The Labute approximate surface area is 305 Å². The number of nitrogens with one attached hydrogen (secondary N) is 1. The van der Waals surface area contributed by atoms with Gasteiger partial charge in [0.1, 0.15) is 0 Å². The van der Waals surface area contributed by atoms with E-state index in [1.54, 1.807) is 4.90 Å². The van der Waals surface area contributed by atoms with Gasteiger partial charge in [0.05, 0.1) is 18.0 Å². The first-order valence-corrected chi connectivity index (χ1v) is 20.3. The summed E-state index contributed by atoms with van der Waals surface area (Å²) in [5.74, 6) is -0.201. The van der Waals surface area contributed by atoms with Crippen LogP contribution in [-0.2, 0) is 39.4 Å². The minimum atomic E-state index is -3.20. The first kappa shape index (κ1) is 36.2. The van der Waals surface area contributed by atoms with Crippen molar-refractivity contribution in [3.05, 3.63) is 59.3 Å². The van der Waals surface area contributed by atoms with Crippen molar-refractivity contribution in [1.82, 2.24) is 33.7 Å². The molecule has 52 heavy (non-hydrogen) atoms. The maximum Gasteiger partial charge on any atom is 0.410 e. The Morgan fingerprint density at radius 3 is 2.31 bits per heavy atom. The highest BCUT2D eigenvalue weighted by atomic mass is 32.2. The Bertz CT molecular complexity index is 1910. The number of aromatic nitrogens is 2. The summed E-state index contributed by atoms with van der Waals surface area (Å²) in [6, 6.07) is 12.1. The molecule has 5 heterocycles. The highest BCUT2D eigenvalue weighted by Gasteiger charge is 2.37. The zero-order valence-electron chi connectivity index (χ0n) is 30.4. The van der Waals surface area contributed by atoms with Crippen LogP contribution in [0.4, 0.5) is 15.3 Å². The topological polar surface area (TPSA) is 141 Å². The SMILES string of the molecule is Cc1cc(C[C@@H](OC(=O)N2CCC(N3CCc4ccccc4NC3=O)CC2)C(=O)N2CCC(N3CCN(S(C)(=O)=O)CC3)CC2)cc2cnn(C)c12. The van der Waals surface area contributed by atoms with E-state index in [1.165, 1.54) is 10.6 Å². The molecule has 4 amide bonds. The summed E-state index contributed by atoms with van der Waals surface area (Å²) < 4.78 is 33.5. The highest BCUT2D eigenvalue weighted by Crippen LogP contribution is 2.27. The number of piperazine rings is 1. The lowest BCUT2D eigenvalue weighted by atomic mass is 9.99. The number of sulfonamides is 1. The molecule has 4 aliphatic heterocycles. The number of benzene rings is 2. The summed E-state index contributed by atoms with van der Waals surface area (Å²) >= 11 is 0. The first-order valence-electron chi connectivity index (χ1n) is 18.4. The van der Waals surface area contributed by atoms with E-state index in [1.807, 2.05) is 71.0 Å². The minimum Gasteiger partial charge on any atom is -0.436 e. The fraction of sp³-hybridized carbons (Fsp3) is 0.568. The Balaban J connectivity index is 0.996. The van der Waals surface area contributed by atoms with Gasteiger partial charge in [0.15, 0.2) is 6.10 Å². The molecule has 0 bridgehead atoms. The van der Waals surface area contributed by atoms with Crippen LogP contribution in [-0.4, -0.2) is 143 Å². The van der Waals surface area contributed by atoms with E-state index in [4.69, 9.17) is 4.74 Å². The monoisotopic (exact) mass is 734 g/mol.